The Kier molecular flexibility index (Phi) is 2.68. The van der Waals surface area contributed by atoms with E-state index in [9.17, 15) is 23.1 Å². The number of aliphatic carboxylic acids is 1. The summed E-state index contributed by atoms with van der Waals surface area (Å²) in [6, 6.07) is 0. The summed E-state index contributed by atoms with van der Waals surface area (Å²) in [5.41, 5.74) is 0. The van der Waals surface area contributed by atoms with Crippen molar-refractivity contribution in [3.63, 3.8) is 0 Å². The zero-order valence-electron chi connectivity index (χ0n) is 5.23. The normalized spacial score (nSPS) is 14.8. The summed E-state index contributed by atoms with van der Waals surface area (Å²) in [5, 5.41) is 9.75. The molecule has 0 fully saturated rings. The van der Waals surface area contributed by atoms with Crippen molar-refractivity contribution < 1.29 is 23.1 Å². The molecule has 0 aromatic carbocycles. The van der Waals surface area contributed by atoms with Gasteiger partial charge in [-0.1, -0.05) is 6.92 Å². The number of hydrogen-bond acceptors (Lipinski definition) is 2. The molecule has 60 valence electrons. The molecule has 0 aliphatic rings. The molecule has 0 aromatic rings. The molecule has 0 saturated heterocycles. The fraction of sp³-hybridized carbons (Fsp3) is 0.800. The minimum absolute atomic E-state index is 0.480. The Hall–Kier alpha value is -0.740. The number of carboxylic acids is 1. The summed E-state index contributed by atoms with van der Waals surface area (Å²) in [7, 11) is 0. The number of carbonyl (C=O) groups is 1. The van der Waals surface area contributed by atoms with Gasteiger partial charge in [0.1, 0.15) is 0 Å². The quantitative estimate of drug-likeness (QED) is 0.576. The van der Waals surface area contributed by atoms with Crippen molar-refractivity contribution in [1.82, 2.24) is 0 Å². The molecule has 0 saturated carbocycles. The predicted octanol–water partition coefficient (Wildman–Crippen LogP) is 0.325. The van der Waals surface area contributed by atoms with Crippen LogP contribution in [0.3, 0.4) is 0 Å². The van der Waals surface area contributed by atoms with E-state index < -0.39 is 24.5 Å². The first kappa shape index (κ1) is 9.26. The molecule has 1 atom stereocenters. The third-order valence-corrected chi connectivity index (χ3v) is 1.09. The van der Waals surface area contributed by atoms with Crippen LogP contribution in [0.5, 0.6) is 0 Å². The monoisotopic (exact) mass is 155 g/mol. The summed E-state index contributed by atoms with van der Waals surface area (Å²) in [5.74, 6) is -4.39. The lowest BCUT2D eigenvalue weighted by atomic mass is 10.1. The van der Waals surface area contributed by atoms with Crippen LogP contribution < -0.4 is 5.11 Å². The van der Waals surface area contributed by atoms with Gasteiger partial charge < -0.3 is 9.90 Å². The van der Waals surface area contributed by atoms with Crippen LogP contribution in [0.4, 0.5) is 13.2 Å². The van der Waals surface area contributed by atoms with Crippen LogP contribution in [0, 0.1) is 5.92 Å². The molecule has 0 N–H and O–H groups in total. The molecule has 0 amide bonds. The lowest BCUT2D eigenvalue weighted by molar-refractivity contribution is -0.326. The van der Waals surface area contributed by atoms with Crippen molar-refractivity contribution in [2.24, 2.45) is 5.92 Å². The number of carbonyl (C=O) groups excluding carboxylic acids is 1. The highest BCUT2D eigenvalue weighted by Gasteiger charge is 2.38. The molecule has 5 heteroatoms. The van der Waals surface area contributed by atoms with Crippen LogP contribution in [0.2, 0.25) is 0 Å². The second kappa shape index (κ2) is 2.90. The predicted molar refractivity (Wildman–Crippen MR) is 24.8 cm³/mol. The first-order valence-corrected chi connectivity index (χ1v) is 2.67. The first-order valence-electron chi connectivity index (χ1n) is 2.67. The first-order chi connectivity index (χ1) is 4.39. The van der Waals surface area contributed by atoms with Crippen LogP contribution in [-0.4, -0.2) is 12.1 Å². The topological polar surface area (TPSA) is 40.1 Å². The lowest BCUT2D eigenvalue weighted by Crippen LogP contribution is -2.39. The highest BCUT2D eigenvalue weighted by atomic mass is 19.4. The number of hydrogen-bond donors (Lipinski definition) is 0. The minimum Gasteiger partial charge on any atom is -0.550 e. The van der Waals surface area contributed by atoms with Crippen LogP contribution >= 0.6 is 0 Å². The summed E-state index contributed by atoms with van der Waals surface area (Å²) >= 11 is 0. The van der Waals surface area contributed by atoms with Gasteiger partial charge in [-0.05, 0) is 6.42 Å². The molecule has 0 heterocycles. The van der Waals surface area contributed by atoms with E-state index in [0.29, 0.717) is 0 Å². The second-order valence-corrected chi connectivity index (χ2v) is 1.82. The van der Waals surface area contributed by atoms with Crippen molar-refractivity contribution in [3.8, 4) is 0 Å². The Bertz CT molecular complexity index is 129. The van der Waals surface area contributed by atoms with Crippen molar-refractivity contribution >= 4 is 5.97 Å². The Morgan fingerprint density at radius 2 is 2.00 bits per heavy atom. The molecule has 0 radical (unpaired) electrons. The van der Waals surface area contributed by atoms with Crippen molar-refractivity contribution in [3.05, 3.63) is 0 Å². The molecule has 0 aliphatic carbocycles. The zero-order valence-corrected chi connectivity index (χ0v) is 5.23. The van der Waals surface area contributed by atoms with Crippen LogP contribution in [0.15, 0.2) is 0 Å². The van der Waals surface area contributed by atoms with Gasteiger partial charge in [0.05, 0.1) is 11.9 Å². The molecular weight excluding hydrogens is 149 g/mol. The van der Waals surface area contributed by atoms with Gasteiger partial charge in [-0.25, -0.2) is 0 Å². The van der Waals surface area contributed by atoms with Gasteiger partial charge in [0.25, 0.3) is 0 Å². The fourth-order valence-electron chi connectivity index (χ4n) is 0.532. The summed E-state index contributed by atoms with van der Waals surface area (Å²) in [6.07, 6.45) is -5.15. The highest BCUT2D eigenvalue weighted by Crippen LogP contribution is 2.27. The van der Waals surface area contributed by atoms with Gasteiger partial charge in [-0.2, -0.15) is 13.2 Å². The highest BCUT2D eigenvalue weighted by molar-refractivity contribution is 5.68. The van der Waals surface area contributed by atoms with Crippen molar-refractivity contribution in [1.29, 1.82) is 0 Å². The van der Waals surface area contributed by atoms with E-state index in [2.05, 4.69) is 0 Å². The van der Waals surface area contributed by atoms with Crippen molar-refractivity contribution in [2.45, 2.75) is 19.5 Å². The van der Waals surface area contributed by atoms with Gasteiger partial charge in [0.2, 0.25) is 0 Å². The molecule has 0 bridgehead atoms. The van der Waals surface area contributed by atoms with E-state index in [4.69, 9.17) is 0 Å². The third kappa shape index (κ3) is 2.24. The molecule has 0 rings (SSSR count). The molecule has 0 aromatic heterocycles. The van der Waals surface area contributed by atoms with Crippen molar-refractivity contribution in [2.75, 3.05) is 0 Å². The molecule has 0 aliphatic heterocycles. The lowest BCUT2D eigenvalue weighted by Gasteiger charge is -2.18. The van der Waals surface area contributed by atoms with Crippen LogP contribution in [0.1, 0.15) is 13.3 Å². The van der Waals surface area contributed by atoms with Gasteiger partial charge in [0, 0.05) is 0 Å². The zero-order chi connectivity index (χ0) is 8.36. The molecule has 1 unspecified atom stereocenters. The number of carboxylic acid groups (broad SMARTS) is 1. The Morgan fingerprint density at radius 3 is 2.00 bits per heavy atom. The van der Waals surface area contributed by atoms with Crippen LogP contribution in [-0.2, 0) is 4.79 Å². The van der Waals surface area contributed by atoms with Gasteiger partial charge in [0.15, 0.2) is 0 Å². The van der Waals surface area contributed by atoms with Gasteiger partial charge in [-0.3, -0.25) is 0 Å². The standard InChI is InChI=1S/C5H7F3O2/c1-2-3(4(9)10)5(6,7)8/h3H,2H2,1H3,(H,9,10)/p-1. The Balaban J connectivity index is 4.22. The second-order valence-electron chi connectivity index (χ2n) is 1.82. The van der Waals surface area contributed by atoms with E-state index in [-0.39, 0.29) is 0 Å². The maximum atomic E-state index is 11.6. The van der Waals surface area contributed by atoms with E-state index >= 15 is 0 Å². The van der Waals surface area contributed by atoms with E-state index in [1.54, 1.807) is 0 Å². The molecule has 10 heavy (non-hydrogen) atoms. The smallest absolute Gasteiger partial charge is 0.396 e. The van der Waals surface area contributed by atoms with E-state index in [1.165, 1.54) is 0 Å². The average Bonchev–Trinajstić information content (AvgIpc) is 1.60. The molecular formula is C5H6F3O2-. The van der Waals surface area contributed by atoms with Gasteiger partial charge in [-0.15, -0.1) is 0 Å². The van der Waals surface area contributed by atoms with Gasteiger partial charge >= 0.3 is 6.18 Å². The SMILES string of the molecule is CCC(C(=O)[O-])C(F)(F)F. The molecule has 0 spiro atoms. The minimum atomic E-state index is -4.67. The Labute approximate surface area is 55.7 Å². The maximum absolute atomic E-state index is 11.6. The Morgan fingerprint density at radius 1 is 1.60 bits per heavy atom. The van der Waals surface area contributed by atoms with E-state index in [1.807, 2.05) is 0 Å². The largest absolute Gasteiger partial charge is 0.550 e. The number of rotatable bonds is 2. The average molecular weight is 155 g/mol. The van der Waals surface area contributed by atoms with Crippen LogP contribution in [0.25, 0.3) is 0 Å². The number of halogens is 3. The summed E-state index contributed by atoms with van der Waals surface area (Å²) in [6.45, 7) is 1.15. The molecule has 2 nitrogen and oxygen atoms in total. The van der Waals surface area contributed by atoms with E-state index in [0.717, 1.165) is 6.92 Å². The summed E-state index contributed by atoms with van der Waals surface area (Å²) < 4.78 is 34.7. The fourth-order valence-corrected chi connectivity index (χ4v) is 0.532. The maximum Gasteiger partial charge on any atom is 0.396 e. The third-order valence-electron chi connectivity index (χ3n) is 1.09. The summed E-state index contributed by atoms with van der Waals surface area (Å²) in [4.78, 5) is 9.75. The number of alkyl halides is 3.